The highest BCUT2D eigenvalue weighted by Crippen LogP contribution is 2.23. The molecule has 0 saturated carbocycles. The fraction of sp³-hybridized carbons (Fsp3) is 0.545. The molecule has 0 bridgehead atoms. The molecule has 3 nitrogen and oxygen atoms in total. The monoisotopic (exact) mass is 225 g/mol. The molecule has 0 aliphatic heterocycles. The van der Waals surface area contributed by atoms with Gasteiger partial charge in [-0.2, -0.15) is 0 Å². The van der Waals surface area contributed by atoms with Crippen molar-refractivity contribution < 1.29 is 0 Å². The number of thiophene rings is 1. The first kappa shape index (κ1) is 12.2. The Labute approximate surface area is 95.4 Å². The summed E-state index contributed by atoms with van der Waals surface area (Å²) in [7, 11) is 2.12. The lowest BCUT2D eigenvalue weighted by atomic mass is 10.2. The fourth-order valence-corrected chi connectivity index (χ4v) is 2.31. The second-order valence-corrected chi connectivity index (χ2v) is 4.78. The van der Waals surface area contributed by atoms with Gasteiger partial charge in [0, 0.05) is 17.3 Å². The molecule has 15 heavy (non-hydrogen) atoms. The van der Waals surface area contributed by atoms with Crippen molar-refractivity contribution in [1.29, 1.82) is 5.41 Å². The molecule has 0 aliphatic rings. The van der Waals surface area contributed by atoms with E-state index in [-0.39, 0.29) is 5.84 Å². The van der Waals surface area contributed by atoms with Crippen LogP contribution in [0.4, 0.5) is 0 Å². The average Bonchev–Trinajstić information content (AvgIpc) is 2.68. The second kappa shape index (κ2) is 5.88. The summed E-state index contributed by atoms with van der Waals surface area (Å²) in [5.74, 6) is 0.284. The third-order valence-corrected chi connectivity index (χ3v) is 3.62. The molecule has 1 rings (SSSR count). The minimum Gasteiger partial charge on any atom is -0.388 e. The summed E-state index contributed by atoms with van der Waals surface area (Å²) >= 11 is 1.79. The highest BCUT2D eigenvalue weighted by atomic mass is 32.1. The van der Waals surface area contributed by atoms with Gasteiger partial charge in [-0.3, -0.25) is 10.3 Å². The van der Waals surface area contributed by atoms with Gasteiger partial charge in [0.05, 0.1) is 5.84 Å². The molecule has 1 aromatic heterocycles. The SMILES string of the molecule is CC(c1cccs1)N(C)CCCC(=N)N. The Morgan fingerprint density at radius 3 is 2.93 bits per heavy atom. The van der Waals surface area contributed by atoms with Gasteiger partial charge in [0.2, 0.25) is 0 Å². The fourth-order valence-electron chi connectivity index (χ4n) is 1.46. The van der Waals surface area contributed by atoms with Gasteiger partial charge in [-0.05, 0) is 38.4 Å². The summed E-state index contributed by atoms with van der Waals surface area (Å²) in [6, 6.07) is 4.70. The molecule has 0 radical (unpaired) electrons. The lowest BCUT2D eigenvalue weighted by molar-refractivity contribution is 0.263. The molecule has 1 atom stereocenters. The van der Waals surface area contributed by atoms with Crippen LogP contribution < -0.4 is 5.73 Å². The Bertz CT molecular complexity index is 295. The van der Waals surface area contributed by atoms with Crippen LogP contribution in [-0.4, -0.2) is 24.3 Å². The predicted molar refractivity (Wildman–Crippen MR) is 66.5 cm³/mol. The maximum absolute atomic E-state index is 7.15. The van der Waals surface area contributed by atoms with Crippen LogP contribution in [0.1, 0.15) is 30.7 Å². The van der Waals surface area contributed by atoms with E-state index in [2.05, 4.69) is 36.4 Å². The maximum atomic E-state index is 7.15. The van der Waals surface area contributed by atoms with Gasteiger partial charge in [-0.15, -0.1) is 11.3 Å². The Balaban J connectivity index is 2.33. The standard InChI is InChI=1S/C11H19N3S/c1-9(10-5-4-8-15-10)14(2)7-3-6-11(12)13/h4-5,8-9H,3,6-7H2,1-2H3,(H3,12,13). The quantitative estimate of drug-likeness (QED) is 0.577. The molecule has 3 N–H and O–H groups in total. The number of hydrogen-bond acceptors (Lipinski definition) is 3. The van der Waals surface area contributed by atoms with E-state index in [1.54, 1.807) is 11.3 Å². The molecule has 84 valence electrons. The zero-order chi connectivity index (χ0) is 11.3. The average molecular weight is 225 g/mol. The lowest BCUT2D eigenvalue weighted by Crippen LogP contribution is -2.24. The van der Waals surface area contributed by atoms with Crippen molar-refractivity contribution in [1.82, 2.24) is 4.90 Å². The minimum absolute atomic E-state index is 0.284. The van der Waals surface area contributed by atoms with Crippen molar-refractivity contribution in [2.24, 2.45) is 5.73 Å². The predicted octanol–water partition coefficient (Wildman–Crippen LogP) is 2.46. The van der Waals surface area contributed by atoms with Gasteiger partial charge in [-0.25, -0.2) is 0 Å². The first-order chi connectivity index (χ1) is 7.11. The van der Waals surface area contributed by atoms with Crippen LogP contribution in [0.15, 0.2) is 17.5 Å². The van der Waals surface area contributed by atoms with E-state index in [1.165, 1.54) is 4.88 Å². The highest BCUT2D eigenvalue weighted by Gasteiger charge is 2.11. The van der Waals surface area contributed by atoms with Gasteiger partial charge in [-0.1, -0.05) is 6.07 Å². The first-order valence-corrected chi connectivity index (χ1v) is 6.05. The number of nitrogens with two attached hydrogens (primary N) is 1. The summed E-state index contributed by atoms with van der Waals surface area (Å²) in [6.45, 7) is 3.19. The normalized spacial score (nSPS) is 13.0. The summed E-state index contributed by atoms with van der Waals surface area (Å²) < 4.78 is 0. The van der Waals surface area contributed by atoms with Crippen LogP contribution >= 0.6 is 11.3 Å². The maximum Gasteiger partial charge on any atom is 0.0905 e. The molecular weight excluding hydrogens is 206 g/mol. The van der Waals surface area contributed by atoms with Gasteiger partial charge in [0.15, 0.2) is 0 Å². The second-order valence-electron chi connectivity index (χ2n) is 3.80. The summed E-state index contributed by atoms with van der Waals surface area (Å²) in [5, 5.41) is 9.25. The number of amidine groups is 1. The van der Waals surface area contributed by atoms with Crippen LogP contribution in [-0.2, 0) is 0 Å². The van der Waals surface area contributed by atoms with Crippen LogP contribution in [0.3, 0.4) is 0 Å². The zero-order valence-electron chi connectivity index (χ0n) is 9.36. The van der Waals surface area contributed by atoms with Crippen molar-refractivity contribution in [3.8, 4) is 0 Å². The number of rotatable bonds is 6. The van der Waals surface area contributed by atoms with Crippen LogP contribution in [0.2, 0.25) is 0 Å². The lowest BCUT2D eigenvalue weighted by Gasteiger charge is -2.23. The Hall–Kier alpha value is -0.870. The third-order valence-electron chi connectivity index (χ3n) is 2.57. The molecular formula is C11H19N3S. The van der Waals surface area contributed by atoms with E-state index in [1.807, 2.05) is 0 Å². The van der Waals surface area contributed by atoms with Crippen molar-refractivity contribution >= 4 is 17.2 Å². The third kappa shape index (κ3) is 4.01. The molecule has 0 aromatic carbocycles. The molecule has 0 spiro atoms. The minimum atomic E-state index is 0.284. The van der Waals surface area contributed by atoms with Crippen molar-refractivity contribution in [2.75, 3.05) is 13.6 Å². The van der Waals surface area contributed by atoms with E-state index in [0.29, 0.717) is 12.5 Å². The van der Waals surface area contributed by atoms with E-state index in [0.717, 1.165) is 13.0 Å². The Morgan fingerprint density at radius 1 is 1.67 bits per heavy atom. The molecule has 1 heterocycles. The van der Waals surface area contributed by atoms with E-state index in [4.69, 9.17) is 11.1 Å². The van der Waals surface area contributed by atoms with Crippen molar-refractivity contribution in [3.63, 3.8) is 0 Å². The largest absolute Gasteiger partial charge is 0.388 e. The van der Waals surface area contributed by atoms with Gasteiger partial charge < -0.3 is 5.73 Å². The van der Waals surface area contributed by atoms with Crippen LogP contribution in [0, 0.1) is 5.41 Å². The molecule has 1 unspecified atom stereocenters. The van der Waals surface area contributed by atoms with Gasteiger partial charge in [0.1, 0.15) is 0 Å². The molecule has 1 aromatic rings. The summed E-state index contributed by atoms with van der Waals surface area (Å²) in [6.07, 6.45) is 1.66. The smallest absolute Gasteiger partial charge is 0.0905 e. The highest BCUT2D eigenvalue weighted by molar-refractivity contribution is 7.10. The van der Waals surface area contributed by atoms with E-state index < -0.39 is 0 Å². The molecule has 0 aliphatic carbocycles. The van der Waals surface area contributed by atoms with Crippen molar-refractivity contribution in [3.05, 3.63) is 22.4 Å². The molecule has 0 saturated heterocycles. The molecule has 4 heteroatoms. The van der Waals surface area contributed by atoms with E-state index in [9.17, 15) is 0 Å². The zero-order valence-corrected chi connectivity index (χ0v) is 10.2. The molecule has 0 fully saturated rings. The Kier molecular flexibility index (Phi) is 4.78. The summed E-state index contributed by atoms with van der Waals surface area (Å²) in [5.41, 5.74) is 5.32. The number of nitrogens with one attached hydrogen (secondary N) is 1. The molecule has 0 amide bonds. The first-order valence-electron chi connectivity index (χ1n) is 5.18. The number of hydrogen-bond donors (Lipinski definition) is 2. The van der Waals surface area contributed by atoms with Gasteiger partial charge in [0.25, 0.3) is 0 Å². The topological polar surface area (TPSA) is 53.1 Å². The summed E-state index contributed by atoms with van der Waals surface area (Å²) in [4.78, 5) is 3.69. The van der Waals surface area contributed by atoms with Crippen LogP contribution in [0.25, 0.3) is 0 Å². The van der Waals surface area contributed by atoms with Crippen molar-refractivity contribution in [2.45, 2.75) is 25.8 Å². The van der Waals surface area contributed by atoms with Crippen LogP contribution in [0.5, 0.6) is 0 Å². The Morgan fingerprint density at radius 2 is 2.40 bits per heavy atom. The number of nitrogens with zero attached hydrogens (tertiary/aromatic N) is 1. The van der Waals surface area contributed by atoms with E-state index >= 15 is 0 Å². The van der Waals surface area contributed by atoms with Gasteiger partial charge >= 0.3 is 0 Å².